The van der Waals surface area contributed by atoms with Crippen LogP contribution in [0, 0.1) is 13.8 Å². The number of ether oxygens (including phenoxy) is 1. The van der Waals surface area contributed by atoms with Crippen molar-refractivity contribution in [3.8, 4) is 0 Å². The molecular formula is C15H19NO3. The fraction of sp³-hybridized carbons (Fsp3) is 0.467. The van der Waals surface area contributed by atoms with Crippen molar-refractivity contribution in [1.29, 1.82) is 0 Å². The molecule has 0 saturated carbocycles. The average molecular weight is 261 g/mol. The number of piperidine rings is 1. The van der Waals surface area contributed by atoms with Gasteiger partial charge in [-0.1, -0.05) is 17.7 Å². The molecule has 4 nitrogen and oxygen atoms in total. The van der Waals surface area contributed by atoms with E-state index in [1.54, 1.807) is 4.90 Å². The first kappa shape index (κ1) is 13.6. The molecule has 0 bridgehead atoms. The van der Waals surface area contributed by atoms with Crippen LogP contribution in [0.3, 0.4) is 0 Å². The van der Waals surface area contributed by atoms with E-state index in [1.165, 1.54) is 7.11 Å². The number of carbonyl (C=O) groups excluding carboxylic acids is 2. The van der Waals surface area contributed by atoms with Gasteiger partial charge in [-0.15, -0.1) is 0 Å². The molecule has 1 saturated heterocycles. The second-order valence-electron chi connectivity index (χ2n) is 4.98. The fourth-order valence-electron chi connectivity index (χ4n) is 2.61. The predicted octanol–water partition coefficient (Wildman–Crippen LogP) is 2.36. The van der Waals surface area contributed by atoms with Gasteiger partial charge < -0.3 is 4.74 Å². The SMILES string of the molecule is COC(=O)C1CCCC(=O)N1c1ccc(C)cc1C. The molecule has 0 spiro atoms. The second-order valence-corrected chi connectivity index (χ2v) is 4.98. The fourth-order valence-corrected chi connectivity index (χ4v) is 2.61. The summed E-state index contributed by atoms with van der Waals surface area (Å²) in [5.74, 6) is -0.346. The molecule has 1 aromatic rings. The van der Waals surface area contributed by atoms with E-state index in [4.69, 9.17) is 4.74 Å². The van der Waals surface area contributed by atoms with Crippen LogP contribution in [0.2, 0.25) is 0 Å². The highest BCUT2D eigenvalue weighted by Gasteiger charge is 2.35. The lowest BCUT2D eigenvalue weighted by atomic mass is 9.99. The number of esters is 1. The third-order valence-electron chi connectivity index (χ3n) is 3.53. The standard InChI is InChI=1S/C15H19NO3/c1-10-7-8-12(11(2)9-10)16-13(15(18)19-3)5-4-6-14(16)17/h7-9,13H,4-6H2,1-3H3. The van der Waals surface area contributed by atoms with Gasteiger partial charge in [-0.3, -0.25) is 9.69 Å². The summed E-state index contributed by atoms with van der Waals surface area (Å²) < 4.78 is 4.82. The second kappa shape index (κ2) is 5.43. The third kappa shape index (κ3) is 2.62. The summed E-state index contributed by atoms with van der Waals surface area (Å²) in [6, 6.07) is 5.39. The number of hydrogen-bond donors (Lipinski definition) is 0. The third-order valence-corrected chi connectivity index (χ3v) is 3.53. The smallest absolute Gasteiger partial charge is 0.328 e. The van der Waals surface area contributed by atoms with Gasteiger partial charge in [0.15, 0.2) is 0 Å². The Bertz CT molecular complexity index is 510. The molecule has 1 heterocycles. The highest BCUT2D eigenvalue weighted by Crippen LogP contribution is 2.29. The number of nitrogens with zero attached hydrogens (tertiary/aromatic N) is 1. The Morgan fingerprint density at radius 3 is 2.74 bits per heavy atom. The summed E-state index contributed by atoms with van der Waals surface area (Å²) in [7, 11) is 1.36. The summed E-state index contributed by atoms with van der Waals surface area (Å²) in [6.45, 7) is 3.96. The first-order valence-electron chi connectivity index (χ1n) is 6.51. The Labute approximate surface area is 113 Å². The number of aryl methyl sites for hydroxylation is 2. The monoisotopic (exact) mass is 261 g/mol. The number of methoxy groups -OCH3 is 1. The van der Waals surface area contributed by atoms with Crippen molar-refractivity contribution in [3.05, 3.63) is 29.3 Å². The molecule has 1 amide bonds. The van der Waals surface area contributed by atoms with E-state index < -0.39 is 6.04 Å². The van der Waals surface area contributed by atoms with Crippen molar-refractivity contribution in [3.63, 3.8) is 0 Å². The summed E-state index contributed by atoms with van der Waals surface area (Å²) in [5.41, 5.74) is 2.95. The van der Waals surface area contributed by atoms with E-state index in [2.05, 4.69) is 0 Å². The van der Waals surface area contributed by atoms with Crippen molar-refractivity contribution in [2.45, 2.75) is 39.2 Å². The number of benzene rings is 1. The van der Waals surface area contributed by atoms with Gasteiger partial charge in [-0.2, -0.15) is 0 Å². The van der Waals surface area contributed by atoms with Crippen molar-refractivity contribution < 1.29 is 14.3 Å². The summed E-state index contributed by atoms with van der Waals surface area (Å²) in [6.07, 6.45) is 1.88. The van der Waals surface area contributed by atoms with Gasteiger partial charge in [-0.05, 0) is 38.3 Å². The minimum Gasteiger partial charge on any atom is -0.467 e. The molecule has 1 aliphatic rings. The van der Waals surface area contributed by atoms with Gasteiger partial charge in [0.2, 0.25) is 5.91 Å². The summed E-state index contributed by atoms with van der Waals surface area (Å²) in [4.78, 5) is 25.6. The average Bonchev–Trinajstić information content (AvgIpc) is 2.38. The number of anilines is 1. The Balaban J connectivity index is 2.41. The first-order valence-corrected chi connectivity index (χ1v) is 6.51. The van der Waals surface area contributed by atoms with Gasteiger partial charge in [0.1, 0.15) is 6.04 Å². The van der Waals surface area contributed by atoms with Crippen molar-refractivity contribution in [2.75, 3.05) is 12.0 Å². The molecule has 1 atom stereocenters. The number of hydrogen-bond acceptors (Lipinski definition) is 3. The maximum atomic E-state index is 12.2. The molecule has 4 heteroatoms. The van der Waals surface area contributed by atoms with Gasteiger partial charge in [-0.25, -0.2) is 4.79 Å². The molecule has 1 aromatic carbocycles. The lowest BCUT2D eigenvalue weighted by molar-refractivity contribution is -0.144. The molecule has 102 valence electrons. The first-order chi connectivity index (χ1) is 9.04. The van der Waals surface area contributed by atoms with Gasteiger partial charge in [0.05, 0.1) is 7.11 Å². The molecule has 2 rings (SSSR count). The molecule has 1 aliphatic heterocycles. The quantitative estimate of drug-likeness (QED) is 0.768. The minimum absolute atomic E-state index is 0.00592. The summed E-state index contributed by atoms with van der Waals surface area (Å²) >= 11 is 0. The van der Waals surface area contributed by atoms with Gasteiger partial charge >= 0.3 is 5.97 Å². The van der Waals surface area contributed by atoms with E-state index in [-0.39, 0.29) is 11.9 Å². The van der Waals surface area contributed by atoms with Crippen LogP contribution >= 0.6 is 0 Å². The maximum Gasteiger partial charge on any atom is 0.328 e. The van der Waals surface area contributed by atoms with E-state index >= 15 is 0 Å². The molecule has 0 radical (unpaired) electrons. The maximum absolute atomic E-state index is 12.2. The van der Waals surface area contributed by atoms with Crippen LogP contribution in [0.4, 0.5) is 5.69 Å². The van der Waals surface area contributed by atoms with Crippen LogP contribution in [-0.4, -0.2) is 25.0 Å². The molecular weight excluding hydrogens is 242 g/mol. The molecule has 1 fully saturated rings. The van der Waals surface area contributed by atoms with Crippen LogP contribution in [0.25, 0.3) is 0 Å². The van der Waals surface area contributed by atoms with Crippen LogP contribution in [-0.2, 0) is 14.3 Å². The molecule has 0 N–H and O–H groups in total. The largest absolute Gasteiger partial charge is 0.467 e. The Kier molecular flexibility index (Phi) is 3.88. The minimum atomic E-state index is -0.493. The van der Waals surface area contributed by atoms with Gasteiger partial charge in [0.25, 0.3) is 0 Å². The van der Waals surface area contributed by atoms with E-state index in [9.17, 15) is 9.59 Å². The topological polar surface area (TPSA) is 46.6 Å². The predicted molar refractivity (Wildman–Crippen MR) is 73.1 cm³/mol. The normalized spacial score (nSPS) is 19.4. The summed E-state index contributed by atoms with van der Waals surface area (Å²) in [5, 5.41) is 0. The van der Waals surface area contributed by atoms with Crippen molar-refractivity contribution in [1.82, 2.24) is 0 Å². The highest BCUT2D eigenvalue weighted by atomic mass is 16.5. The van der Waals surface area contributed by atoms with E-state index in [0.717, 1.165) is 23.2 Å². The van der Waals surface area contributed by atoms with E-state index in [0.29, 0.717) is 12.8 Å². The van der Waals surface area contributed by atoms with Crippen LogP contribution in [0.1, 0.15) is 30.4 Å². The number of carbonyl (C=O) groups is 2. The zero-order valence-corrected chi connectivity index (χ0v) is 11.6. The Morgan fingerprint density at radius 2 is 2.11 bits per heavy atom. The van der Waals surface area contributed by atoms with Crippen LogP contribution < -0.4 is 4.90 Å². The number of rotatable bonds is 2. The Hall–Kier alpha value is -1.84. The zero-order valence-electron chi connectivity index (χ0n) is 11.6. The molecule has 1 unspecified atom stereocenters. The lowest BCUT2D eigenvalue weighted by Crippen LogP contribution is -2.49. The van der Waals surface area contributed by atoms with E-state index in [1.807, 2.05) is 32.0 Å². The van der Waals surface area contributed by atoms with Crippen molar-refractivity contribution >= 4 is 17.6 Å². The van der Waals surface area contributed by atoms with Crippen LogP contribution in [0.15, 0.2) is 18.2 Å². The zero-order chi connectivity index (χ0) is 14.0. The van der Waals surface area contributed by atoms with Gasteiger partial charge in [0, 0.05) is 12.1 Å². The lowest BCUT2D eigenvalue weighted by Gasteiger charge is -2.34. The molecule has 0 aromatic heterocycles. The highest BCUT2D eigenvalue weighted by molar-refractivity contribution is 6.01. The molecule has 19 heavy (non-hydrogen) atoms. The van der Waals surface area contributed by atoms with Crippen molar-refractivity contribution in [2.24, 2.45) is 0 Å². The Morgan fingerprint density at radius 1 is 1.37 bits per heavy atom. The molecule has 0 aliphatic carbocycles. The van der Waals surface area contributed by atoms with Crippen LogP contribution in [0.5, 0.6) is 0 Å². The number of amides is 1.